The summed E-state index contributed by atoms with van der Waals surface area (Å²) in [5.41, 5.74) is 1.00. The predicted molar refractivity (Wildman–Crippen MR) is 130 cm³/mol. The molecule has 0 amide bonds. The topological polar surface area (TPSA) is 84.3 Å². The van der Waals surface area contributed by atoms with E-state index in [1.807, 2.05) is 37.3 Å². The van der Waals surface area contributed by atoms with Crippen LogP contribution < -0.4 is 4.43 Å². The molecule has 1 atom stereocenters. The van der Waals surface area contributed by atoms with E-state index < -0.39 is 15.4 Å². The summed E-state index contributed by atoms with van der Waals surface area (Å²) in [6.07, 6.45) is 12.1. The summed E-state index contributed by atoms with van der Waals surface area (Å²) in [5.74, 6) is 0.782. The lowest BCUT2D eigenvalue weighted by Gasteiger charge is -2.24. The van der Waals surface area contributed by atoms with E-state index in [0.29, 0.717) is 12.1 Å². The number of hydrogen-bond acceptors (Lipinski definition) is 7. The Morgan fingerprint density at radius 1 is 1.17 bits per heavy atom. The zero-order chi connectivity index (χ0) is 22.0. The average molecular weight is 527 g/mol. The van der Waals surface area contributed by atoms with Crippen molar-refractivity contribution in [3.05, 3.63) is 45.8 Å². The molecule has 0 aromatic carbocycles. The quantitative estimate of drug-likeness (QED) is 0.432. The third-order valence-corrected chi connectivity index (χ3v) is 5.22. The van der Waals surface area contributed by atoms with Crippen molar-refractivity contribution in [2.45, 2.75) is 52.8 Å². The fourth-order valence-corrected chi connectivity index (χ4v) is 2.98. The van der Waals surface area contributed by atoms with E-state index in [2.05, 4.69) is 75.2 Å². The van der Waals surface area contributed by atoms with Gasteiger partial charge in [-0.05, 0) is 69.4 Å². The number of nitrogens with zero attached hydrogens (tertiary/aromatic N) is 5. The van der Waals surface area contributed by atoms with Crippen molar-refractivity contribution in [3.8, 4) is 6.01 Å². The van der Waals surface area contributed by atoms with Crippen LogP contribution in [0.5, 0.6) is 6.01 Å². The summed E-state index contributed by atoms with van der Waals surface area (Å²) >= 11 is 2.16. The number of aromatic nitrogens is 4. The second-order valence-electron chi connectivity index (χ2n) is 7.75. The van der Waals surface area contributed by atoms with Crippen LogP contribution in [-0.2, 0) is 0 Å². The van der Waals surface area contributed by atoms with Gasteiger partial charge in [0.2, 0.25) is 8.32 Å². The molecule has 29 heavy (non-hydrogen) atoms. The van der Waals surface area contributed by atoms with Crippen molar-refractivity contribution in [1.29, 1.82) is 0 Å². The van der Waals surface area contributed by atoms with E-state index in [4.69, 9.17) is 4.43 Å². The van der Waals surface area contributed by atoms with Crippen LogP contribution >= 0.6 is 22.6 Å². The molecular weight excluding hydrogens is 496 g/mol. The Kier molecular flexibility index (Phi) is 10.9. The minimum absolute atomic E-state index is 0.303. The molecule has 0 saturated carbocycles. The van der Waals surface area contributed by atoms with Crippen LogP contribution in [0.2, 0.25) is 26.5 Å². The van der Waals surface area contributed by atoms with Crippen molar-refractivity contribution in [2.75, 3.05) is 7.05 Å². The Hall–Kier alpha value is -1.37. The monoisotopic (exact) mass is 527 g/mol. The van der Waals surface area contributed by atoms with Crippen molar-refractivity contribution < 1.29 is 9.45 Å². The van der Waals surface area contributed by atoms with Crippen LogP contribution in [0.25, 0.3) is 6.08 Å². The van der Waals surface area contributed by atoms with E-state index >= 15 is 0 Å². The van der Waals surface area contributed by atoms with Crippen LogP contribution in [0.15, 0.2) is 30.9 Å². The Morgan fingerprint density at radius 3 is 2.21 bits per heavy atom. The third-order valence-electron chi connectivity index (χ3n) is 3.87. The van der Waals surface area contributed by atoms with Gasteiger partial charge in [-0.3, -0.25) is 0 Å². The Bertz CT molecular complexity index is 755. The van der Waals surface area contributed by atoms with Gasteiger partial charge >= 0.3 is 13.1 Å². The second-order valence-corrected chi connectivity index (χ2v) is 13.4. The van der Waals surface area contributed by atoms with Crippen molar-refractivity contribution in [2.24, 2.45) is 0 Å². The molecule has 0 bridgehead atoms. The maximum absolute atomic E-state index is 9.42. The van der Waals surface area contributed by atoms with Gasteiger partial charge in [-0.15, -0.1) is 0 Å². The first kappa shape index (κ1) is 25.7. The average Bonchev–Trinajstić information content (AvgIpc) is 2.64. The Morgan fingerprint density at radius 2 is 1.72 bits per heavy atom. The van der Waals surface area contributed by atoms with E-state index in [1.54, 1.807) is 19.2 Å². The number of aryl methyl sites for hydroxylation is 1. The molecule has 0 aliphatic rings. The number of halogens is 1. The van der Waals surface area contributed by atoms with Gasteiger partial charge in [-0.2, -0.15) is 0 Å². The van der Waals surface area contributed by atoms with Crippen LogP contribution in [0.1, 0.15) is 24.7 Å². The van der Waals surface area contributed by atoms with Crippen LogP contribution in [0.3, 0.4) is 0 Å². The molecule has 2 heterocycles. The minimum Gasteiger partial charge on any atom is -0.518 e. The lowest BCUT2D eigenvalue weighted by molar-refractivity contribution is 0.349. The molecule has 0 unspecified atom stereocenters. The van der Waals surface area contributed by atoms with Gasteiger partial charge in [0, 0.05) is 40.0 Å². The van der Waals surface area contributed by atoms with Crippen molar-refractivity contribution in [3.63, 3.8) is 0 Å². The van der Waals surface area contributed by atoms with Gasteiger partial charge in [0.25, 0.3) is 0 Å². The molecule has 0 saturated heterocycles. The van der Waals surface area contributed by atoms with Gasteiger partial charge in [-0.1, -0.05) is 19.1 Å². The molecule has 0 aliphatic carbocycles. The minimum atomic E-state index is -1.54. The first-order chi connectivity index (χ1) is 13.5. The zero-order valence-corrected chi connectivity index (χ0v) is 21.5. The van der Waals surface area contributed by atoms with Gasteiger partial charge in [0.1, 0.15) is 5.82 Å². The fraction of sp³-hybridized carbons (Fsp3) is 0.474. The largest absolute Gasteiger partial charge is 0.518 e. The SMILES string of the molecule is CB(O)N(C)[C@@H](C)C/C=C/c1cnc(C)nc1.C[Si](C)(C)Oc1ncc(I)cn1. The summed E-state index contributed by atoms with van der Waals surface area (Å²) in [6, 6.07) is 0.798. The van der Waals surface area contributed by atoms with Gasteiger partial charge in [-0.25, -0.2) is 19.9 Å². The molecule has 158 valence electrons. The van der Waals surface area contributed by atoms with E-state index in [1.165, 1.54) is 0 Å². The molecule has 0 radical (unpaired) electrons. The van der Waals surface area contributed by atoms with Crippen LogP contribution in [-0.4, -0.2) is 58.2 Å². The van der Waals surface area contributed by atoms with E-state index in [9.17, 15) is 5.02 Å². The number of hydrogen-bond donors (Lipinski definition) is 1. The smallest absolute Gasteiger partial charge is 0.376 e. The summed E-state index contributed by atoms with van der Waals surface area (Å²) in [4.78, 5) is 18.3. The summed E-state index contributed by atoms with van der Waals surface area (Å²) in [7, 11) is -0.0437. The molecule has 1 N–H and O–H groups in total. The highest BCUT2D eigenvalue weighted by Gasteiger charge is 2.17. The summed E-state index contributed by atoms with van der Waals surface area (Å²) in [5, 5.41) is 9.42. The molecule has 10 heteroatoms. The van der Waals surface area contributed by atoms with Crippen LogP contribution in [0, 0.1) is 10.5 Å². The summed E-state index contributed by atoms with van der Waals surface area (Å²) in [6.45, 7) is 12.0. The van der Waals surface area contributed by atoms with Crippen molar-refractivity contribution >= 4 is 44.0 Å². The lowest BCUT2D eigenvalue weighted by Crippen LogP contribution is -2.39. The van der Waals surface area contributed by atoms with Gasteiger partial charge in [0.15, 0.2) is 0 Å². The first-order valence-electron chi connectivity index (χ1n) is 9.49. The zero-order valence-electron chi connectivity index (χ0n) is 18.3. The molecule has 0 spiro atoms. The molecular formula is C19H31BIN5O2Si. The van der Waals surface area contributed by atoms with Crippen LogP contribution in [0.4, 0.5) is 0 Å². The fourth-order valence-electron chi connectivity index (χ4n) is 2.05. The molecule has 0 aliphatic heterocycles. The molecule has 0 fully saturated rings. The highest BCUT2D eigenvalue weighted by molar-refractivity contribution is 14.1. The lowest BCUT2D eigenvalue weighted by atomic mass is 9.84. The summed E-state index contributed by atoms with van der Waals surface area (Å²) < 4.78 is 6.59. The Labute approximate surface area is 189 Å². The maximum Gasteiger partial charge on any atom is 0.376 e. The Balaban J connectivity index is 0.000000308. The predicted octanol–water partition coefficient (Wildman–Crippen LogP) is 3.91. The first-order valence-corrected chi connectivity index (χ1v) is 14.0. The molecule has 7 nitrogen and oxygen atoms in total. The van der Waals surface area contributed by atoms with E-state index in [-0.39, 0.29) is 0 Å². The standard InChI is InChI=1S/C12H20BN3O.C7H11IN2OSi/c1-10(16(4)13(3)17)6-5-7-12-8-14-11(2)15-9-12;1-12(2,3)11-7-9-4-6(8)5-10-7/h5,7-10,17H,6H2,1-4H3;4-5H,1-3H3/b7-5+;/t10-;/m0./s1. The molecule has 2 aromatic rings. The number of rotatable bonds is 7. The molecule has 2 rings (SSSR count). The molecule has 2 aromatic heterocycles. The van der Waals surface area contributed by atoms with E-state index in [0.717, 1.165) is 21.4 Å². The van der Waals surface area contributed by atoms with Gasteiger partial charge in [0.05, 0.1) is 0 Å². The van der Waals surface area contributed by atoms with Crippen molar-refractivity contribution in [1.82, 2.24) is 24.7 Å². The maximum atomic E-state index is 9.42. The highest BCUT2D eigenvalue weighted by atomic mass is 127. The second kappa shape index (κ2) is 12.4. The van der Waals surface area contributed by atoms with Gasteiger partial charge < -0.3 is 14.3 Å². The third kappa shape index (κ3) is 11.4. The normalized spacial score (nSPS) is 12.5. The highest BCUT2D eigenvalue weighted by Crippen LogP contribution is 2.10.